The summed E-state index contributed by atoms with van der Waals surface area (Å²) in [4.78, 5) is 0. The van der Waals surface area contributed by atoms with Crippen molar-refractivity contribution in [3.05, 3.63) is 59.7 Å². The quantitative estimate of drug-likeness (QED) is 0.244. The topological polar surface area (TPSA) is 93.6 Å². The molecule has 0 saturated heterocycles. The molecule has 2 unspecified atom stereocenters. The minimum Gasteiger partial charge on any atom is -0.452 e. The number of hydrazone groups is 1. The summed E-state index contributed by atoms with van der Waals surface area (Å²) in [7, 11) is 0. The zero-order valence-electron chi connectivity index (χ0n) is 16.7. The molecule has 0 aliphatic rings. The first-order valence-electron chi connectivity index (χ1n) is 8.95. The highest BCUT2D eigenvalue weighted by Crippen LogP contribution is 2.27. The van der Waals surface area contributed by atoms with Gasteiger partial charge in [0.05, 0.1) is 12.4 Å². The molecule has 0 bridgehead atoms. The minimum absolute atomic E-state index is 0.261. The smallest absolute Gasteiger partial charge is 0.452 e. The first kappa shape index (κ1) is 26.3. The lowest BCUT2D eigenvalue weighted by atomic mass is 10.2. The fourth-order valence-corrected chi connectivity index (χ4v) is 1.99. The van der Waals surface area contributed by atoms with Gasteiger partial charge in [0, 0.05) is 0 Å². The molecule has 0 aliphatic heterocycles. The van der Waals surface area contributed by atoms with Crippen LogP contribution in [0.1, 0.15) is 11.1 Å². The molecular weight excluding hydrogens is 482 g/mol. The maximum atomic E-state index is 12.8. The molecule has 2 atom stereocenters. The summed E-state index contributed by atoms with van der Waals surface area (Å²) in [5, 5.41) is 10.9. The van der Waals surface area contributed by atoms with Crippen LogP contribution >= 0.6 is 0 Å². The molecule has 3 N–H and O–H groups in total. The van der Waals surface area contributed by atoms with Gasteiger partial charge in [-0.05, 0) is 59.7 Å². The van der Waals surface area contributed by atoms with E-state index in [-0.39, 0.29) is 17.5 Å². The second-order valence-electron chi connectivity index (χ2n) is 6.19. The number of nitrogens with two attached hydrogens (primary N) is 1. The maximum absolute atomic E-state index is 12.8. The third kappa shape index (κ3) is 8.91. The van der Waals surface area contributed by atoms with E-state index in [1.807, 2.05) is 0 Å². The third-order valence-corrected chi connectivity index (χ3v) is 3.52. The zero-order chi connectivity index (χ0) is 25.4. The molecule has 0 saturated carbocycles. The lowest BCUT2D eigenvalue weighted by Crippen LogP contribution is -2.29. The molecule has 0 fully saturated rings. The third-order valence-electron chi connectivity index (χ3n) is 3.52. The van der Waals surface area contributed by atoms with Gasteiger partial charge in [-0.2, -0.15) is 45.3 Å². The van der Waals surface area contributed by atoms with Gasteiger partial charge in [0.1, 0.15) is 11.5 Å². The number of ether oxygens (including phenoxy) is 2. The number of halogens is 8. The van der Waals surface area contributed by atoms with Crippen LogP contribution in [-0.2, 0) is 0 Å². The van der Waals surface area contributed by atoms with Crippen LogP contribution in [0.4, 0.5) is 35.1 Å². The Labute approximate surface area is 186 Å². The van der Waals surface area contributed by atoms with Crippen LogP contribution in [0.15, 0.2) is 63.8 Å². The average molecular weight is 497 g/mol. The molecule has 0 radical (unpaired) electrons. The van der Waals surface area contributed by atoms with Crippen molar-refractivity contribution in [1.29, 1.82) is 0 Å². The van der Waals surface area contributed by atoms with Crippen molar-refractivity contribution in [3.63, 3.8) is 0 Å². The van der Waals surface area contributed by atoms with Gasteiger partial charge in [-0.25, -0.2) is 5.43 Å². The van der Waals surface area contributed by atoms with Crippen molar-refractivity contribution < 1.29 is 44.6 Å². The average Bonchev–Trinajstić information content (AvgIpc) is 2.75. The molecule has 15 heteroatoms. The number of nitrogens with one attached hydrogen (secondary N) is 1. The van der Waals surface area contributed by atoms with Crippen molar-refractivity contribution >= 4 is 18.4 Å². The Morgan fingerprint density at radius 3 is 1.59 bits per heavy atom. The van der Waals surface area contributed by atoms with Crippen LogP contribution < -0.4 is 20.6 Å². The van der Waals surface area contributed by atoms with E-state index in [1.54, 1.807) is 0 Å². The number of hydrogen-bond acceptors (Lipinski definition) is 5. The van der Waals surface area contributed by atoms with Crippen LogP contribution in [0.25, 0.3) is 0 Å². The van der Waals surface area contributed by atoms with Gasteiger partial charge < -0.3 is 15.2 Å². The molecule has 0 heterocycles. The Kier molecular flexibility index (Phi) is 8.75. The second-order valence-corrected chi connectivity index (χ2v) is 6.19. The molecule has 2 rings (SSSR count). The van der Waals surface area contributed by atoms with Crippen LogP contribution in [0.3, 0.4) is 0 Å². The van der Waals surface area contributed by atoms with Crippen LogP contribution in [0, 0.1) is 0 Å². The van der Waals surface area contributed by atoms with E-state index in [2.05, 4.69) is 30.2 Å². The van der Waals surface area contributed by atoms with E-state index in [0.29, 0.717) is 11.1 Å². The Morgan fingerprint density at radius 2 is 1.18 bits per heavy atom. The molecule has 184 valence electrons. The number of nitrogens with zero attached hydrogens (tertiary/aromatic N) is 3. The summed E-state index contributed by atoms with van der Waals surface area (Å²) in [6, 6.07) is 9.62. The highest BCUT2D eigenvalue weighted by molar-refractivity contribution is 5.84. The molecule has 0 aromatic heterocycles. The second kappa shape index (κ2) is 11.3. The van der Waals surface area contributed by atoms with Crippen molar-refractivity contribution in [2.24, 2.45) is 21.0 Å². The monoisotopic (exact) mass is 497 g/mol. The largest absolute Gasteiger partial charge is 0.457 e. The Balaban J connectivity index is 1.84. The van der Waals surface area contributed by atoms with Crippen LogP contribution in [0.5, 0.6) is 11.5 Å². The fourth-order valence-electron chi connectivity index (χ4n) is 1.99. The highest BCUT2D eigenvalue weighted by atomic mass is 19.4. The first-order valence-corrected chi connectivity index (χ1v) is 8.95. The van der Waals surface area contributed by atoms with E-state index in [1.165, 1.54) is 36.7 Å². The Morgan fingerprint density at radius 1 is 0.765 bits per heavy atom. The summed E-state index contributed by atoms with van der Waals surface area (Å²) < 4.78 is 107. The van der Waals surface area contributed by atoms with E-state index >= 15 is 0 Å². The van der Waals surface area contributed by atoms with Crippen LogP contribution in [-0.4, -0.2) is 43.5 Å². The summed E-state index contributed by atoms with van der Waals surface area (Å²) in [5.74, 6) is -0.941. The number of rotatable bonds is 8. The van der Waals surface area contributed by atoms with Gasteiger partial charge in [-0.15, -0.1) is 5.10 Å². The minimum atomic E-state index is -5.14. The van der Waals surface area contributed by atoms with E-state index in [0.717, 1.165) is 24.3 Å². The predicted molar refractivity (Wildman–Crippen MR) is 106 cm³/mol. The van der Waals surface area contributed by atoms with Crippen molar-refractivity contribution in [1.82, 2.24) is 5.43 Å². The summed E-state index contributed by atoms with van der Waals surface area (Å²) >= 11 is 0. The highest BCUT2D eigenvalue weighted by Gasteiger charge is 2.43. The molecular formula is C19H15F8N5O2. The molecule has 2 aromatic carbocycles. The van der Waals surface area contributed by atoms with Crippen molar-refractivity contribution in [2.45, 2.75) is 25.1 Å². The zero-order valence-corrected chi connectivity index (χ0v) is 16.7. The SMILES string of the molecule is NC(=NN=Cc1ccc(OC(F)C(F)(F)F)cc1)NN=Cc1ccc(OC(F)C(F)(F)F)cc1. The van der Waals surface area contributed by atoms with Gasteiger partial charge in [0.25, 0.3) is 0 Å². The van der Waals surface area contributed by atoms with Gasteiger partial charge in [-0.3, -0.25) is 0 Å². The number of benzene rings is 2. The van der Waals surface area contributed by atoms with Crippen molar-refractivity contribution in [2.75, 3.05) is 0 Å². The summed E-state index contributed by atoms with van der Waals surface area (Å²) in [5.41, 5.74) is 8.61. The van der Waals surface area contributed by atoms with Gasteiger partial charge in [0.15, 0.2) is 0 Å². The normalized spacial score (nSPS) is 14.9. The van der Waals surface area contributed by atoms with Gasteiger partial charge in [-0.1, -0.05) is 0 Å². The van der Waals surface area contributed by atoms with E-state index in [9.17, 15) is 35.1 Å². The molecule has 0 spiro atoms. The summed E-state index contributed by atoms with van der Waals surface area (Å²) in [6.45, 7) is 0. The number of hydrogen-bond donors (Lipinski definition) is 2. The predicted octanol–water partition coefficient (Wildman–Crippen LogP) is 4.43. The fraction of sp³-hybridized carbons (Fsp3) is 0.211. The molecule has 7 nitrogen and oxygen atoms in total. The summed E-state index contributed by atoms with van der Waals surface area (Å²) in [6.07, 6.45) is -14.8. The lowest BCUT2D eigenvalue weighted by Gasteiger charge is -2.14. The van der Waals surface area contributed by atoms with Gasteiger partial charge in [0.2, 0.25) is 5.96 Å². The lowest BCUT2D eigenvalue weighted by molar-refractivity contribution is -0.236. The first-order chi connectivity index (χ1) is 15.8. The molecule has 0 aliphatic carbocycles. The van der Waals surface area contributed by atoms with E-state index < -0.39 is 25.1 Å². The standard InChI is InChI=1S/C19H15F8N5O2/c20-15(18(22,23)24)33-13-5-1-11(2-6-13)9-29-31-17(28)32-30-10-12-3-7-14(8-4-12)34-16(21)19(25,26)27/h1-10,15-16H,(H3,28,31,32). The Hall–Kier alpha value is -3.91. The van der Waals surface area contributed by atoms with Gasteiger partial charge >= 0.3 is 25.1 Å². The molecule has 34 heavy (non-hydrogen) atoms. The number of guanidine groups is 1. The Bertz CT molecular complexity index is 1010. The van der Waals surface area contributed by atoms with Crippen molar-refractivity contribution in [3.8, 4) is 11.5 Å². The number of alkyl halides is 8. The molecule has 0 amide bonds. The van der Waals surface area contributed by atoms with Crippen LogP contribution in [0.2, 0.25) is 0 Å². The molecule has 2 aromatic rings. The maximum Gasteiger partial charge on any atom is 0.457 e. The van der Waals surface area contributed by atoms with E-state index in [4.69, 9.17) is 5.73 Å².